The van der Waals surface area contributed by atoms with E-state index in [4.69, 9.17) is 14.9 Å². The van der Waals surface area contributed by atoms with Gasteiger partial charge in [-0.15, -0.1) is 0 Å². The van der Waals surface area contributed by atoms with Crippen LogP contribution in [0, 0.1) is 0 Å². The first-order valence-corrected chi connectivity index (χ1v) is 5.54. The van der Waals surface area contributed by atoms with E-state index in [-0.39, 0.29) is 25.1 Å². The number of hydrogen-bond donors (Lipinski definition) is 3. The van der Waals surface area contributed by atoms with Gasteiger partial charge in [-0.25, -0.2) is 0 Å². The summed E-state index contributed by atoms with van der Waals surface area (Å²) in [6.07, 6.45) is -0.820. The predicted octanol–water partition coefficient (Wildman–Crippen LogP) is -1.82. The van der Waals surface area contributed by atoms with Crippen LogP contribution in [0.2, 0.25) is 0 Å². The third kappa shape index (κ3) is 4.05. The standard InChI is InChI=1S/C10H20N2O4/c1-8(11-6-9(14)7-13)10(15)12-2-4-16-5-3-12/h8-9,11,13-14H,2-7H2,1H3/t8?,9-/m0/s1. The maximum absolute atomic E-state index is 11.9. The molecule has 2 atom stereocenters. The maximum atomic E-state index is 11.9. The van der Waals surface area contributed by atoms with Gasteiger partial charge in [0.25, 0.3) is 0 Å². The Morgan fingerprint density at radius 2 is 2.12 bits per heavy atom. The van der Waals surface area contributed by atoms with Crippen LogP contribution in [0.5, 0.6) is 0 Å². The average molecular weight is 232 g/mol. The third-order valence-corrected chi connectivity index (χ3v) is 2.56. The van der Waals surface area contributed by atoms with Crippen LogP contribution < -0.4 is 5.32 Å². The molecule has 1 amide bonds. The molecule has 1 aliphatic heterocycles. The molecule has 16 heavy (non-hydrogen) atoms. The highest BCUT2D eigenvalue weighted by Gasteiger charge is 2.22. The average Bonchev–Trinajstić information content (AvgIpc) is 2.35. The second-order valence-electron chi connectivity index (χ2n) is 3.90. The van der Waals surface area contributed by atoms with Crippen LogP contribution in [0.15, 0.2) is 0 Å². The molecule has 94 valence electrons. The molecule has 0 aromatic heterocycles. The molecule has 1 heterocycles. The van der Waals surface area contributed by atoms with E-state index in [1.54, 1.807) is 11.8 Å². The Morgan fingerprint density at radius 1 is 1.50 bits per heavy atom. The number of morpholine rings is 1. The quantitative estimate of drug-likeness (QED) is 0.520. The first kappa shape index (κ1) is 13.4. The van der Waals surface area contributed by atoms with Crippen molar-refractivity contribution in [1.29, 1.82) is 0 Å². The van der Waals surface area contributed by atoms with Gasteiger partial charge in [0.2, 0.25) is 5.91 Å². The molecular weight excluding hydrogens is 212 g/mol. The molecule has 0 aromatic rings. The van der Waals surface area contributed by atoms with Crippen LogP contribution in [-0.2, 0) is 9.53 Å². The third-order valence-electron chi connectivity index (χ3n) is 2.56. The van der Waals surface area contributed by atoms with E-state index >= 15 is 0 Å². The van der Waals surface area contributed by atoms with Gasteiger partial charge in [0, 0.05) is 19.6 Å². The second kappa shape index (κ2) is 6.80. The highest BCUT2D eigenvalue weighted by atomic mass is 16.5. The maximum Gasteiger partial charge on any atom is 0.239 e. The summed E-state index contributed by atoms with van der Waals surface area (Å²) in [4.78, 5) is 13.6. The van der Waals surface area contributed by atoms with Gasteiger partial charge in [-0.2, -0.15) is 0 Å². The van der Waals surface area contributed by atoms with Crippen molar-refractivity contribution in [3.8, 4) is 0 Å². The molecule has 6 heteroatoms. The van der Waals surface area contributed by atoms with Crippen LogP contribution in [-0.4, -0.2) is 72.6 Å². The Morgan fingerprint density at radius 3 is 2.69 bits per heavy atom. The first-order valence-electron chi connectivity index (χ1n) is 5.54. The van der Waals surface area contributed by atoms with Crippen molar-refractivity contribution in [3.63, 3.8) is 0 Å². The van der Waals surface area contributed by atoms with Crippen molar-refractivity contribution in [1.82, 2.24) is 10.2 Å². The molecular formula is C10H20N2O4. The Bertz CT molecular complexity index is 219. The molecule has 1 rings (SSSR count). The molecule has 0 radical (unpaired) electrons. The number of carbonyl (C=O) groups excluding carboxylic acids is 1. The summed E-state index contributed by atoms with van der Waals surface area (Å²) in [6.45, 7) is 4.07. The Balaban J connectivity index is 2.29. The molecule has 1 fully saturated rings. The van der Waals surface area contributed by atoms with E-state index in [0.717, 1.165) is 0 Å². The molecule has 0 bridgehead atoms. The molecule has 0 spiro atoms. The van der Waals surface area contributed by atoms with Crippen LogP contribution in [0.1, 0.15) is 6.92 Å². The van der Waals surface area contributed by atoms with Crippen molar-refractivity contribution in [2.24, 2.45) is 0 Å². The largest absolute Gasteiger partial charge is 0.394 e. The minimum atomic E-state index is -0.820. The number of nitrogens with one attached hydrogen (secondary N) is 1. The van der Waals surface area contributed by atoms with Crippen molar-refractivity contribution in [2.45, 2.75) is 19.1 Å². The smallest absolute Gasteiger partial charge is 0.239 e. The number of amides is 1. The van der Waals surface area contributed by atoms with Gasteiger partial charge in [-0.3, -0.25) is 4.79 Å². The fourth-order valence-electron chi connectivity index (χ4n) is 1.52. The summed E-state index contributed by atoms with van der Waals surface area (Å²) in [5.74, 6) is 0.00781. The Labute approximate surface area is 95.2 Å². The number of nitrogens with zero attached hydrogens (tertiary/aromatic N) is 1. The van der Waals surface area contributed by atoms with E-state index in [1.165, 1.54) is 0 Å². The number of aliphatic hydroxyl groups excluding tert-OH is 2. The summed E-state index contributed by atoms with van der Waals surface area (Å²) in [7, 11) is 0. The predicted molar refractivity (Wildman–Crippen MR) is 58.0 cm³/mol. The summed E-state index contributed by atoms with van der Waals surface area (Å²) >= 11 is 0. The monoisotopic (exact) mass is 232 g/mol. The fourth-order valence-corrected chi connectivity index (χ4v) is 1.52. The normalized spacial score (nSPS) is 20.6. The lowest BCUT2D eigenvalue weighted by Crippen LogP contribution is -2.50. The Kier molecular flexibility index (Phi) is 5.68. The molecule has 1 unspecified atom stereocenters. The summed E-state index contributed by atoms with van der Waals surface area (Å²) in [5, 5.41) is 20.7. The zero-order valence-electron chi connectivity index (χ0n) is 9.56. The van der Waals surface area contributed by atoms with Crippen molar-refractivity contribution in [3.05, 3.63) is 0 Å². The number of hydrogen-bond acceptors (Lipinski definition) is 5. The number of carbonyl (C=O) groups is 1. The molecule has 1 saturated heterocycles. The summed E-state index contributed by atoms with van der Waals surface area (Å²) in [6, 6.07) is -0.348. The van der Waals surface area contributed by atoms with Gasteiger partial charge < -0.3 is 25.2 Å². The summed E-state index contributed by atoms with van der Waals surface area (Å²) < 4.78 is 5.16. The highest BCUT2D eigenvalue weighted by Crippen LogP contribution is 2.00. The fraction of sp³-hybridized carbons (Fsp3) is 0.900. The molecule has 0 aromatic carbocycles. The first-order chi connectivity index (χ1) is 7.65. The van der Waals surface area contributed by atoms with Gasteiger partial charge in [0.05, 0.1) is 32.0 Å². The molecule has 0 saturated carbocycles. The molecule has 3 N–H and O–H groups in total. The van der Waals surface area contributed by atoms with Gasteiger partial charge in [-0.1, -0.05) is 0 Å². The zero-order chi connectivity index (χ0) is 12.0. The van der Waals surface area contributed by atoms with Gasteiger partial charge in [-0.05, 0) is 6.92 Å². The van der Waals surface area contributed by atoms with E-state index in [1.807, 2.05) is 0 Å². The van der Waals surface area contributed by atoms with Crippen LogP contribution >= 0.6 is 0 Å². The lowest BCUT2D eigenvalue weighted by molar-refractivity contribution is -0.137. The highest BCUT2D eigenvalue weighted by molar-refractivity contribution is 5.81. The van der Waals surface area contributed by atoms with E-state index in [0.29, 0.717) is 26.3 Å². The minimum absolute atomic E-state index is 0.00781. The minimum Gasteiger partial charge on any atom is -0.394 e. The van der Waals surface area contributed by atoms with Gasteiger partial charge >= 0.3 is 0 Å². The second-order valence-corrected chi connectivity index (χ2v) is 3.90. The van der Waals surface area contributed by atoms with Crippen LogP contribution in [0.4, 0.5) is 0 Å². The SMILES string of the molecule is CC(NC[C@H](O)CO)C(=O)N1CCOCC1. The van der Waals surface area contributed by atoms with Crippen molar-refractivity contribution >= 4 is 5.91 Å². The Hall–Kier alpha value is -0.690. The van der Waals surface area contributed by atoms with Gasteiger partial charge in [0.15, 0.2) is 0 Å². The van der Waals surface area contributed by atoms with E-state index in [2.05, 4.69) is 5.32 Å². The zero-order valence-corrected chi connectivity index (χ0v) is 9.56. The number of rotatable bonds is 5. The van der Waals surface area contributed by atoms with Crippen LogP contribution in [0.25, 0.3) is 0 Å². The van der Waals surface area contributed by atoms with Crippen molar-refractivity contribution in [2.75, 3.05) is 39.5 Å². The van der Waals surface area contributed by atoms with E-state index in [9.17, 15) is 4.79 Å². The molecule has 1 aliphatic rings. The van der Waals surface area contributed by atoms with E-state index < -0.39 is 6.10 Å². The number of aliphatic hydroxyl groups is 2. The van der Waals surface area contributed by atoms with Crippen molar-refractivity contribution < 1.29 is 19.7 Å². The van der Waals surface area contributed by atoms with Crippen LogP contribution in [0.3, 0.4) is 0 Å². The molecule has 0 aliphatic carbocycles. The van der Waals surface area contributed by atoms with Gasteiger partial charge in [0.1, 0.15) is 0 Å². The topological polar surface area (TPSA) is 82.0 Å². The lowest BCUT2D eigenvalue weighted by Gasteiger charge is -2.29. The number of ether oxygens (including phenoxy) is 1. The lowest BCUT2D eigenvalue weighted by atomic mass is 10.2. The molecule has 6 nitrogen and oxygen atoms in total. The summed E-state index contributed by atoms with van der Waals surface area (Å²) in [5.41, 5.74) is 0.